The topological polar surface area (TPSA) is 64.0 Å². The zero-order chi connectivity index (χ0) is 22.0. The molecule has 1 aliphatic rings. The molecule has 2 aromatic carbocycles. The number of carbonyl (C=O) groups excluding carboxylic acids is 1. The van der Waals surface area contributed by atoms with Gasteiger partial charge in [0, 0.05) is 6.04 Å². The Bertz CT molecular complexity index is 1140. The SMILES string of the molecule is CC1CCC(NC(=O)C(C)Sc2nc3ccccc3c(=O)n2-c2ccc(F)cc2)CC1. The van der Waals surface area contributed by atoms with E-state index in [0.29, 0.717) is 27.7 Å². The summed E-state index contributed by atoms with van der Waals surface area (Å²) in [6.45, 7) is 4.07. The summed E-state index contributed by atoms with van der Waals surface area (Å²) in [6.07, 6.45) is 4.25. The van der Waals surface area contributed by atoms with E-state index in [-0.39, 0.29) is 23.3 Å². The number of aromatic nitrogens is 2. The molecule has 3 aromatic rings. The van der Waals surface area contributed by atoms with Gasteiger partial charge >= 0.3 is 0 Å². The number of thioether (sulfide) groups is 1. The van der Waals surface area contributed by atoms with E-state index >= 15 is 0 Å². The maximum Gasteiger partial charge on any atom is 0.266 e. The van der Waals surface area contributed by atoms with Crippen molar-refractivity contribution in [2.45, 2.75) is 56.0 Å². The molecule has 5 nitrogen and oxygen atoms in total. The first kappa shape index (κ1) is 21.6. The minimum Gasteiger partial charge on any atom is -0.352 e. The summed E-state index contributed by atoms with van der Waals surface area (Å²) in [4.78, 5) is 30.8. The number of benzene rings is 2. The molecule has 1 N–H and O–H groups in total. The van der Waals surface area contributed by atoms with E-state index in [1.54, 1.807) is 30.3 Å². The standard InChI is InChI=1S/C24H26FN3O2S/c1-15-7-11-18(12-8-15)26-22(29)16(2)31-24-27-21-6-4-3-5-20(21)23(30)28(24)19-13-9-17(25)10-14-19/h3-6,9-10,13-16,18H,7-8,11-12H2,1-2H3,(H,26,29). The van der Waals surface area contributed by atoms with Crippen LogP contribution in [0.15, 0.2) is 58.5 Å². The second-order valence-electron chi connectivity index (χ2n) is 8.25. The molecule has 1 atom stereocenters. The summed E-state index contributed by atoms with van der Waals surface area (Å²) in [7, 11) is 0. The summed E-state index contributed by atoms with van der Waals surface area (Å²) in [5.41, 5.74) is 0.844. The Kier molecular flexibility index (Phi) is 6.41. The second kappa shape index (κ2) is 9.22. The van der Waals surface area contributed by atoms with Gasteiger partial charge < -0.3 is 5.32 Å². The summed E-state index contributed by atoms with van der Waals surface area (Å²) in [6, 6.07) is 13.0. The van der Waals surface area contributed by atoms with Gasteiger partial charge in [-0.2, -0.15) is 0 Å². The number of fused-ring (bicyclic) bond motifs is 1. The molecule has 0 aliphatic heterocycles. The van der Waals surface area contributed by atoms with Crippen molar-refractivity contribution >= 4 is 28.6 Å². The third-order valence-corrected chi connectivity index (χ3v) is 6.90. The van der Waals surface area contributed by atoms with Crippen LogP contribution in [0.1, 0.15) is 39.5 Å². The molecule has 0 bridgehead atoms. The lowest BCUT2D eigenvalue weighted by atomic mass is 9.87. The number of amides is 1. The molecular formula is C24H26FN3O2S. The van der Waals surface area contributed by atoms with Crippen LogP contribution in [-0.4, -0.2) is 26.8 Å². The Morgan fingerprint density at radius 2 is 1.81 bits per heavy atom. The zero-order valence-corrected chi connectivity index (χ0v) is 18.5. The van der Waals surface area contributed by atoms with Crippen molar-refractivity contribution in [2.75, 3.05) is 0 Å². The van der Waals surface area contributed by atoms with Crippen LogP contribution in [-0.2, 0) is 4.79 Å². The van der Waals surface area contributed by atoms with Crippen LogP contribution < -0.4 is 10.9 Å². The lowest BCUT2D eigenvalue weighted by Gasteiger charge is -2.28. The molecule has 0 radical (unpaired) electrons. The lowest BCUT2D eigenvalue weighted by Crippen LogP contribution is -2.41. The minimum absolute atomic E-state index is 0.0578. The summed E-state index contributed by atoms with van der Waals surface area (Å²) >= 11 is 1.24. The second-order valence-corrected chi connectivity index (χ2v) is 9.56. The van der Waals surface area contributed by atoms with Crippen molar-refractivity contribution in [1.82, 2.24) is 14.9 Å². The molecule has 7 heteroatoms. The predicted octanol–water partition coefficient (Wildman–Crippen LogP) is 4.70. The first-order valence-electron chi connectivity index (χ1n) is 10.7. The lowest BCUT2D eigenvalue weighted by molar-refractivity contribution is -0.121. The first-order valence-corrected chi connectivity index (χ1v) is 11.5. The van der Waals surface area contributed by atoms with Crippen molar-refractivity contribution in [3.05, 3.63) is 64.7 Å². The van der Waals surface area contributed by atoms with E-state index in [0.717, 1.165) is 25.7 Å². The van der Waals surface area contributed by atoms with Crippen LogP contribution in [0.25, 0.3) is 16.6 Å². The largest absolute Gasteiger partial charge is 0.352 e. The van der Waals surface area contributed by atoms with E-state index in [1.807, 2.05) is 13.0 Å². The Labute approximate surface area is 185 Å². The van der Waals surface area contributed by atoms with E-state index in [9.17, 15) is 14.0 Å². The molecule has 0 saturated heterocycles. The molecule has 0 spiro atoms. The average molecular weight is 440 g/mol. The van der Waals surface area contributed by atoms with Crippen LogP contribution >= 0.6 is 11.8 Å². The summed E-state index contributed by atoms with van der Waals surface area (Å²) in [5.74, 6) is 0.277. The summed E-state index contributed by atoms with van der Waals surface area (Å²) in [5, 5.41) is 3.61. The van der Waals surface area contributed by atoms with Crippen molar-refractivity contribution in [3.63, 3.8) is 0 Å². The quantitative estimate of drug-likeness (QED) is 0.462. The van der Waals surface area contributed by atoms with Crippen LogP contribution in [0, 0.1) is 11.7 Å². The number of nitrogens with one attached hydrogen (secondary N) is 1. The molecular weight excluding hydrogens is 413 g/mol. The Morgan fingerprint density at radius 1 is 1.13 bits per heavy atom. The summed E-state index contributed by atoms with van der Waals surface area (Å²) < 4.78 is 14.9. The average Bonchev–Trinajstić information content (AvgIpc) is 2.76. The molecule has 1 aromatic heterocycles. The number of nitrogens with zero attached hydrogens (tertiary/aromatic N) is 2. The number of halogens is 1. The molecule has 1 fully saturated rings. The highest BCUT2D eigenvalue weighted by Crippen LogP contribution is 2.27. The van der Waals surface area contributed by atoms with Gasteiger partial charge in [-0.3, -0.25) is 14.2 Å². The van der Waals surface area contributed by atoms with Gasteiger partial charge in [-0.05, 0) is 74.9 Å². The van der Waals surface area contributed by atoms with Gasteiger partial charge in [-0.1, -0.05) is 30.8 Å². The number of rotatable bonds is 5. The predicted molar refractivity (Wildman–Crippen MR) is 122 cm³/mol. The third kappa shape index (κ3) is 4.82. The maximum atomic E-state index is 13.5. The molecule has 4 rings (SSSR count). The smallest absolute Gasteiger partial charge is 0.266 e. The molecule has 1 aliphatic carbocycles. The number of carbonyl (C=O) groups is 1. The molecule has 1 amide bonds. The van der Waals surface area contributed by atoms with E-state index < -0.39 is 5.25 Å². The highest BCUT2D eigenvalue weighted by atomic mass is 32.2. The van der Waals surface area contributed by atoms with Crippen LogP contribution in [0.3, 0.4) is 0 Å². The Morgan fingerprint density at radius 3 is 2.52 bits per heavy atom. The van der Waals surface area contributed by atoms with Crippen molar-refractivity contribution in [3.8, 4) is 5.69 Å². The van der Waals surface area contributed by atoms with Gasteiger partial charge in [-0.25, -0.2) is 9.37 Å². The fourth-order valence-corrected chi connectivity index (χ4v) is 4.88. The first-order chi connectivity index (χ1) is 14.9. The van der Waals surface area contributed by atoms with Gasteiger partial charge in [0.05, 0.1) is 21.8 Å². The van der Waals surface area contributed by atoms with Crippen LogP contribution in [0.5, 0.6) is 0 Å². The van der Waals surface area contributed by atoms with Gasteiger partial charge in [0.25, 0.3) is 5.56 Å². The van der Waals surface area contributed by atoms with Crippen molar-refractivity contribution < 1.29 is 9.18 Å². The van der Waals surface area contributed by atoms with E-state index in [4.69, 9.17) is 0 Å². The molecule has 1 saturated carbocycles. The fourth-order valence-electron chi connectivity index (χ4n) is 3.94. The number of hydrogen-bond donors (Lipinski definition) is 1. The van der Waals surface area contributed by atoms with Crippen molar-refractivity contribution in [1.29, 1.82) is 0 Å². The van der Waals surface area contributed by atoms with Gasteiger partial charge in [0.15, 0.2) is 5.16 Å². The van der Waals surface area contributed by atoms with Gasteiger partial charge in [0.1, 0.15) is 5.82 Å². The highest BCUT2D eigenvalue weighted by molar-refractivity contribution is 8.00. The van der Waals surface area contributed by atoms with Gasteiger partial charge in [0.2, 0.25) is 5.91 Å². The van der Waals surface area contributed by atoms with Crippen LogP contribution in [0.2, 0.25) is 0 Å². The van der Waals surface area contributed by atoms with Gasteiger partial charge in [-0.15, -0.1) is 0 Å². The zero-order valence-electron chi connectivity index (χ0n) is 17.7. The van der Waals surface area contributed by atoms with Crippen LogP contribution in [0.4, 0.5) is 4.39 Å². The highest BCUT2D eigenvalue weighted by Gasteiger charge is 2.24. The monoisotopic (exact) mass is 439 g/mol. The maximum absolute atomic E-state index is 13.5. The molecule has 31 heavy (non-hydrogen) atoms. The fraction of sp³-hybridized carbons (Fsp3) is 0.375. The Hall–Kier alpha value is -2.67. The minimum atomic E-state index is -0.431. The third-order valence-electron chi connectivity index (χ3n) is 5.84. The molecule has 1 heterocycles. The van der Waals surface area contributed by atoms with E-state index in [1.165, 1.54) is 28.5 Å². The van der Waals surface area contributed by atoms with Crippen molar-refractivity contribution in [2.24, 2.45) is 5.92 Å². The number of para-hydroxylation sites is 1. The number of hydrogen-bond acceptors (Lipinski definition) is 4. The Balaban J connectivity index is 1.64. The normalized spacial score (nSPS) is 19.8. The molecule has 1 unspecified atom stereocenters. The molecule has 162 valence electrons. The van der Waals surface area contributed by atoms with E-state index in [2.05, 4.69) is 17.2 Å².